The normalized spacial score (nSPS) is 14.7. The van der Waals surface area contributed by atoms with Crippen LogP contribution in [0.4, 0.5) is 15.9 Å². The molecule has 2 heterocycles. The summed E-state index contributed by atoms with van der Waals surface area (Å²) < 4.78 is 13.0. The van der Waals surface area contributed by atoms with Gasteiger partial charge in [0.25, 0.3) is 5.91 Å². The first kappa shape index (κ1) is 22.1. The summed E-state index contributed by atoms with van der Waals surface area (Å²) >= 11 is 0. The Kier molecular flexibility index (Phi) is 5.35. The van der Waals surface area contributed by atoms with Gasteiger partial charge in [-0.05, 0) is 78.1 Å². The summed E-state index contributed by atoms with van der Waals surface area (Å²) in [6, 6.07) is 12.4. The lowest BCUT2D eigenvalue weighted by Gasteiger charge is -2.32. The van der Waals surface area contributed by atoms with E-state index in [0.717, 1.165) is 41.5 Å². The van der Waals surface area contributed by atoms with E-state index in [-0.39, 0.29) is 11.3 Å². The lowest BCUT2D eigenvalue weighted by molar-refractivity contribution is 0.102. The number of fused-ring (bicyclic) bond motifs is 3. The van der Waals surface area contributed by atoms with E-state index in [4.69, 9.17) is 10.7 Å². The Morgan fingerprint density at radius 2 is 2.03 bits per heavy atom. The first-order valence-corrected chi connectivity index (χ1v) is 11.5. The highest BCUT2D eigenvalue weighted by atomic mass is 19.1. The number of hydrogen-bond donors (Lipinski definition) is 3. The van der Waals surface area contributed by atoms with Crippen molar-refractivity contribution in [2.24, 2.45) is 5.41 Å². The topological polar surface area (TPSA) is 96.7 Å². The molecule has 2 aromatic heterocycles. The van der Waals surface area contributed by atoms with Gasteiger partial charge in [-0.15, -0.1) is 0 Å². The van der Waals surface area contributed by atoms with E-state index < -0.39 is 6.67 Å². The monoisotopic (exact) mass is 457 g/mol. The third-order valence-corrected chi connectivity index (χ3v) is 6.75. The van der Waals surface area contributed by atoms with Gasteiger partial charge in [-0.2, -0.15) is 5.10 Å². The fraction of sp³-hybridized carbons (Fsp3) is 0.296. The summed E-state index contributed by atoms with van der Waals surface area (Å²) in [7, 11) is 0. The zero-order valence-corrected chi connectivity index (χ0v) is 19.6. The van der Waals surface area contributed by atoms with Crippen molar-refractivity contribution in [3.05, 3.63) is 70.3 Å². The Morgan fingerprint density at radius 1 is 1.21 bits per heavy atom. The lowest BCUT2D eigenvalue weighted by Crippen LogP contribution is -2.23. The van der Waals surface area contributed by atoms with Crippen molar-refractivity contribution in [1.29, 1.82) is 0 Å². The number of rotatable bonds is 4. The fourth-order valence-electron chi connectivity index (χ4n) is 4.87. The maximum Gasteiger partial charge on any atom is 0.255 e. The van der Waals surface area contributed by atoms with Crippen LogP contribution < -0.4 is 11.1 Å². The molecule has 0 bridgehead atoms. The zero-order valence-electron chi connectivity index (χ0n) is 19.6. The minimum atomic E-state index is -0.607. The molecule has 0 saturated carbocycles. The number of aromatic nitrogens is 3. The second kappa shape index (κ2) is 8.24. The molecule has 0 spiro atoms. The SMILES string of the molecule is Cc1ccc(NC(=O)c2cccc(CF)c2)cc1-c1nc2[nH]nc(N)c2c2c1CCC(C)(C)C2. The lowest BCUT2D eigenvalue weighted by atomic mass is 9.73. The molecule has 0 aliphatic heterocycles. The minimum absolute atomic E-state index is 0.168. The first-order chi connectivity index (χ1) is 16.3. The number of carbonyl (C=O) groups excluding carboxylic acids is 1. The van der Waals surface area contributed by atoms with E-state index in [1.54, 1.807) is 24.3 Å². The van der Waals surface area contributed by atoms with Gasteiger partial charge in [-0.1, -0.05) is 32.0 Å². The maximum absolute atomic E-state index is 13.0. The molecule has 0 saturated heterocycles. The van der Waals surface area contributed by atoms with Crippen molar-refractivity contribution in [3.63, 3.8) is 0 Å². The molecular formula is C27H28FN5O. The quantitative estimate of drug-likeness (QED) is 0.363. The number of alkyl halides is 1. The Labute approximate surface area is 197 Å². The summed E-state index contributed by atoms with van der Waals surface area (Å²) in [6.07, 6.45) is 2.86. The number of nitrogens with one attached hydrogen (secondary N) is 2. The van der Waals surface area contributed by atoms with Crippen LogP contribution in [0.1, 0.15) is 52.9 Å². The number of nitrogen functional groups attached to an aromatic ring is 1. The predicted molar refractivity (Wildman–Crippen MR) is 133 cm³/mol. The number of hydrogen-bond acceptors (Lipinski definition) is 4. The van der Waals surface area contributed by atoms with Crippen LogP contribution in [0.25, 0.3) is 22.3 Å². The zero-order chi connectivity index (χ0) is 24.0. The number of benzene rings is 2. The predicted octanol–water partition coefficient (Wildman–Crippen LogP) is 5.75. The Hall–Kier alpha value is -3.74. The number of pyridine rings is 1. The molecule has 34 heavy (non-hydrogen) atoms. The molecule has 0 atom stereocenters. The molecule has 1 aliphatic carbocycles. The standard InChI is InChI=1S/C27H28FN5O/c1-15-7-8-18(30-26(34)17-6-4-5-16(11-17)14-28)12-20(15)23-19-9-10-27(2,3)13-21(19)22-24(29)32-33-25(22)31-23/h4-8,11-12H,9-10,13-14H2,1-3H3,(H,30,34)(H3,29,31,32,33). The van der Waals surface area contributed by atoms with Crippen LogP contribution in [0.15, 0.2) is 42.5 Å². The van der Waals surface area contributed by atoms with Gasteiger partial charge in [0.2, 0.25) is 0 Å². The number of aryl methyl sites for hydroxylation is 1. The number of nitrogens with zero attached hydrogens (tertiary/aromatic N) is 2. The van der Waals surface area contributed by atoms with Gasteiger partial charge in [0.15, 0.2) is 11.5 Å². The largest absolute Gasteiger partial charge is 0.382 e. The van der Waals surface area contributed by atoms with Crippen molar-refractivity contribution in [2.75, 3.05) is 11.1 Å². The third-order valence-electron chi connectivity index (χ3n) is 6.75. The summed E-state index contributed by atoms with van der Waals surface area (Å²) in [5, 5.41) is 11.1. The number of carbonyl (C=O) groups is 1. The Bertz CT molecular complexity index is 1420. The molecule has 6 nitrogen and oxygen atoms in total. The molecule has 0 unspecified atom stereocenters. The van der Waals surface area contributed by atoms with Crippen molar-refractivity contribution >= 4 is 28.4 Å². The molecule has 4 aromatic rings. The molecule has 0 fully saturated rings. The van der Waals surface area contributed by atoms with E-state index in [1.165, 1.54) is 11.1 Å². The van der Waals surface area contributed by atoms with E-state index >= 15 is 0 Å². The van der Waals surface area contributed by atoms with Gasteiger partial charge in [-0.3, -0.25) is 9.89 Å². The molecule has 1 amide bonds. The molecule has 4 N–H and O–H groups in total. The van der Waals surface area contributed by atoms with Crippen LogP contribution >= 0.6 is 0 Å². The summed E-state index contributed by atoms with van der Waals surface area (Å²) in [6.45, 7) is 5.98. The van der Waals surface area contributed by atoms with Crippen molar-refractivity contribution in [2.45, 2.75) is 46.7 Å². The van der Waals surface area contributed by atoms with E-state index in [2.05, 4.69) is 29.4 Å². The highest BCUT2D eigenvalue weighted by molar-refractivity contribution is 6.04. The van der Waals surface area contributed by atoms with Gasteiger partial charge in [0, 0.05) is 16.8 Å². The molecule has 7 heteroatoms. The van der Waals surface area contributed by atoms with Gasteiger partial charge in [-0.25, -0.2) is 9.37 Å². The van der Waals surface area contributed by atoms with Crippen LogP contribution in [0.5, 0.6) is 0 Å². The number of anilines is 2. The maximum atomic E-state index is 13.0. The van der Waals surface area contributed by atoms with Crippen LogP contribution in [-0.4, -0.2) is 21.1 Å². The summed E-state index contributed by atoms with van der Waals surface area (Å²) in [5.41, 5.74) is 13.9. The summed E-state index contributed by atoms with van der Waals surface area (Å²) in [5.74, 6) is 0.204. The Morgan fingerprint density at radius 3 is 2.82 bits per heavy atom. The van der Waals surface area contributed by atoms with Crippen LogP contribution in [-0.2, 0) is 19.5 Å². The van der Waals surface area contributed by atoms with Gasteiger partial charge < -0.3 is 11.1 Å². The number of nitrogens with two attached hydrogens (primary N) is 1. The van der Waals surface area contributed by atoms with Crippen molar-refractivity contribution < 1.29 is 9.18 Å². The van der Waals surface area contributed by atoms with Gasteiger partial charge in [0.05, 0.1) is 11.1 Å². The number of aromatic amines is 1. The average Bonchev–Trinajstić information content (AvgIpc) is 3.20. The van der Waals surface area contributed by atoms with Crippen LogP contribution in [0, 0.1) is 12.3 Å². The number of amides is 1. The smallest absolute Gasteiger partial charge is 0.255 e. The second-order valence-corrected chi connectivity index (χ2v) is 9.91. The summed E-state index contributed by atoms with van der Waals surface area (Å²) in [4.78, 5) is 17.8. The molecule has 174 valence electrons. The molecule has 1 aliphatic rings. The van der Waals surface area contributed by atoms with Crippen LogP contribution in [0.3, 0.4) is 0 Å². The van der Waals surface area contributed by atoms with E-state index in [0.29, 0.717) is 28.3 Å². The van der Waals surface area contributed by atoms with E-state index in [9.17, 15) is 9.18 Å². The second-order valence-electron chi connectivity index (χ2n) is 9.91. The minimum Gasteiger partial charge on any atom is -0.382 e. The molecule has 2 aromatic carbocycles. The molecule has 5 rings (SSSR count). The highest BCUT2D eigenvalue weighted by Crippen LogP contribution is 2.43. The third kappa shape index (κ3) is 3.91. The van der Waals surface area contributed by atoms with Gasteiger partial charge >= 0.3 is 0 Å². The van der Waals surface area contributed by atoms with Crippen molar-refractivity contribution in [1.82, 2.24) is 15.2 Å². The molecule has 0 radical (unpaired) electrons. The van der Waals surface area contributed by atoms with Crippen LogP contribution in [0.2, 0.25) is 0 Å². The van der Waals surface area contributed by atoms with Crippen molar-refractivity contribution in [3.8, 4) is 11.3 Å². The number of halogens is 1. The van der Waals surface area contributed by atoms with E-state index in [1.807, 2.05) is 25.1 Å². The Balaban J connectivity index is 1.58. The average molecular weight is 458 g/mol. The van der Waals surface area contributed by atoms with Gasteiger partial charge in [0.1, 0.15) is 6.67 Å². The fourth-order valence-corrected chi connectivity index (χ4v) is 4.87. The molecular weight excluding hydrogens is 429 g/mol. The highest BCUT2D eigenvalue weighted by Gasteiger charge is 2.31. The first-order valence-electron chi connectivity index (χ1n) is 11.5. The number of H-pyrrole nitrogens is 1.